The molecule has 2 aliphatic heterocycles. The average molecular weight is 1140 g/mol. The predicted molar refractivity (Wildman–Crippen MR) is 287 cm³/mol. The van der Waals surface area contributed by atoms with E-state index in [1.54, 1.807) is 0 Å². The van der Waals surface area contributed by atoms with E-state index in [0.29, 0.717) is 62.2 Å². The van der Waals surface area contributed by atoms with Crippen molar-refractivity contribution in [2.75, 3.05) is 119 Å². The molecule has 2 heterocycles. The molecular formula is C52H70Cl2F2N8O10S2. The molecule has 418 valence electrons. The Balaban J connectivity index is 0.719. The summed E-state index contributed by atoms with van der Waals surface area (Å²) in [5.41, 5.74) is 6.47. The third-order valence-electron chi connectivity index (χ3n) is 12.9. The summed E-state index contributed by atoms with van der Waals surface area (Å²) in [6.07, 6.45) is 1.26. The standard InChI is InChI=1S/C52H70Cl2F2N8O10S2/c1-35-25-37(53)27-41-45(35)31-63(3)33-47(41)43-29-39(7-9-49(43)55)75(67,68)61-15-19-73-23-21-71-17-13-59-51(65)57-11-5-6-12-58-52(66)60-14-18-72-22-24-74-20-16-62-76(69,70)40-8-10-50(56)44(30-40)48-34-64(4)32-46-36(2)26-38(54)28-42(46)48/h7-10,25-30,47-48,61-62H,5-6,11-24,31-34H2,1-4H3,(H2,57,59,65)(H2,58,60,66). The van der Waals surface area contributed by atoms with Gasteiger partial charge in [-0.1, -0.05) is 23.2 Å². The Morgan fingerprint density at radius 3 is 1.26 bits per heavy atom. The maximum Gasteiger partial charge on any atom is 0.314 e. The highest BCUT2D eigenvalue weighted by Gasteiger charge is 2.31. The van der Waals surface area contributed by atoms with Crippen LogP contribution in [0.1, 0.15) is 69.2 Å². The molecule has 0 spiro atoms. The number of carbonyl (C=O) groups is 2. The number of aryl methyl sites for hydroxylation is 2. The van der Waals surface area contributed by atoms with Crippen molar-refractivity contribution in [2.24, 2.45) is 0 Å². The fourth-order valence-corrected chi connectivity index (χ4v) is 11.8. The molecule has 18 nitrogen and oxygen atoms in total. The van der Waals surface area contributed by atoms with E-state index in [0.717, 1.165) is 33.4 Å². The molecule has 24 heteroatoms. The monoisotopic (exact) mass is 1140 g/mol. The van der Waals surface area contributed by atoms with Crippen LogP contribution in [0, 0.1) is 25.5 Å². The van der Waals surface area contributed by atoms with Gasteiger partial charge in [-0.2, -0.15) is 0 Å². The van der Waals surface area contributed by atoms with Crippen LogP contribution in [0.15, 0.2) is 70.5 Å². The van der Waals surface area contributed by atoms with Crippen LogP contribution in [0.5, 0.6) is 0 Å². The van der Waals surface area contributed by atoms with Crippen LogP contribution in [0.2, 0.25) is 10.0 Å². The van der Waals surface area contributed by atoms with Crippen molar-refractivity contribution in [1.82, 2.24) is 40.5 Å². The zero-order valence-corrected chi connectivity index (χ0v) is 46.5. The van der Waals surface area contributed by atoms with E-state index in [9.17, 15) is 26.4 Å². The summed E-state index contributed by atoms with van der Waals surface area (Å²) in [4.78, 5) is 28.3. The summed E-state index contributed by atoms with van der Waals surface area (Å²) in [6, 6.07) is 14.3. The summed E-state index contributed by atoms with van der Waals surface area (Å²) in [5.74, 6) is -1.77. The number of benzene rings is 4. The maximum atomic E-state index is 15.2. The molecule has 76 heavy (non-hydrogen) atoms. The third kappa shape index (κ3) is 18.0. The Hall–Kier alpha value is -4.56. The average Bonchev–Trinajstić information content (AvgIpc) is 3.38. The van der Waals surface area contributed by atoms with Crippen molar-refractivity contribution in [3.05, 3.63) is 127 Å². The number of ether oxygens (including phenoxy) is 4. The maximum absolute atomic E-state index is 15.2. The highest BCUT2D eigenvalue weighted by molar-refractivity contribution is 7.89. The van der Waals surface area contributed by atoms with Crippen LogP contribution in [-0.2, 0) is 52.1 Å². The zero-order chi connectivity index (χ0) is 54.8. The van der Waals surface area contributed by atoms with Gasteiger partial charge in [0.1, 0.15) is 11.6 Å². The van der Waals surface area contributed by atoms with Crippen LogP contribution >= 0.6 is 23.2 Å². The van der Waals surface area contributed by atoms with Gasteiger partial charge in [-0.25, -0.2) is 44.6 Å². The number of amides is 4. The minimum Gasteiger partial charge on any atom is -0.378 e. The van der Waals surface area contributed by atoms with Crippen molar-refractivity contribution in [3.8, 4) is 0 Å². The lowest BCUT2D eigenvalue weighted by Crippen LogP contribution is -2.39. The Morgan fingerprint density at radius 1 is 0.526 bits per heavy atom. The van der Waals surface area contributed by atoms with Crippen molar-refractivity contribution >= 4 is 55.3 Å². The number of sulfonamides is 2. The van der Waals surface area contributed by atoms with E-state index in [-0.39, 0.29) is 112 Å². The Kier molecular flexibility index (Phi) is 23.5. The van der Waals surface area contributed by atoms with Gasteiger partial charge < -0.3 is 50.0 Å². The number of urea groups is 2. The van der Waals surface area contributed by atoms with Crippen molar-refractivity contribution < 1.29 is 54.2 Å². The van der Waals surface area contributed by atoms with Crippen LogP contribution in [0.4, 0.5) is 18.4 Å². The smallest absolute Gasteiger partial charge is 0.314 e. The summed E-state index contributed by atoms with van der Waals surface area (Å²) in [7, 11) is -4.02. The minimum absolute atomic E-state index is 0.00274. The largest absolute Gasteiger partial charge is 0.378 e. The number of likely N-dealkylation sites (N-methyl/N-ethyl adjacent to an activating group) is 2. The molecule has 0 bridgehead atoms. The van der Waals surface area contributed by atoms with E-state index in [1.165, 1.54) is 36.4 Å². The van der Waals surface area contributed by atoms with Gasteiger partial charge in [0, 0.05) is 87.3 Å². The van der Waals surface area contributed by atoms with E-state index in [2.05, 4.69) is 40.5 Å². The second-order valence-electron chi connectivity index (χ2n) is 18.8. The van der Waals surface area contributed by atoms with Gasteiger partial charge in [-0.05, 0) is 146 Å². The van der Waals surface area contributed by atoms with Crippen molar-refractivity contribution in [1.29, 1.82) is 0 Å². The van der Waals surface area contributed by atoms with Gasteiger partial charge in [0.05, 0.1) is 62.6 Å². The fourth-order valence-electron chi connectivity index (χ4n) is 9.14. The van der Waals surface area contributed by atoms with E-state index >= 15 is 8.78 Å². The topological polar surface area (TPSA) is 218 Å². The molecular weight excluding hydrogens is 1070 g/mol. The van der Waals surface area contributed by atoms with Gasteiger partial charge in [0.2, 0.25) is 20.0 Å². The normalized spacial score (nSPS) is 16.0. The molecule has 4 amide bonds. The molecule has 2 unspecified atom stereocenters. The fraction of sp³-hybridized carbons (Fsp3) is 0.500. The first-order valence-electron chi connectivity index (χ1n) is 25.2. The quantitative estimate of drug-likeness (QED) is 0.0359. The first kappa shape index (κ1) is 60.7. The molecule has 2 aliphatic rings. The van der Waals surface area contributed by atoms with E-state index < -0.39 is 43.5 Å². The second-order valence-corrected chi connectivity index (χ2v) is 23.2. The molecule has 0 radical (unpaired) electrons. The molecule has 0 aliphatic carbocycles. The van der Waals surface area contributed by atoms with E-state index in [4.69, 9.17) is 42.1 Å². The highest BCUT2D eigenvalue weighted by atomic mass is 35.5. The molecule has 0 fully saturated rings. The van der Waals surface area contributed by atoms with Gasteiger partial charge in [0.15, 0.2) is 0 Å². The number of nitrogens with one attached hydrogen (secondary N) is 6. The zero-order valence-electron chi connectivity index (χ0n) is 43.4. The molecule has 4 aromatic rings. The number of hydrogen-bond donors (Lipinski definition) is 6. The summed E-state index contributed by atoms with van der Waals surface area (Å²) in [5, 5.41) is 12.0. The molecule has 0 saturated carbocycles. The van der Waals surface area contributed by atoms with Crippen molar-refractivity contribution in [2.45, 2.75) is 61.4 Å². The van der Waals surface area contributed by atoms with Crippen LogP contribution < -0.4 is 30.7 Å². The molecule has 2 atom stereocenters. The first-order valence-corrected chi connectivity index (χ1v) is 28.9. The number of halogens is 4. The molecule has 0 aromatic heterocycles. The first-order chi connectivity index (χ1) is 36.3. The van der Waals surface area contributed by atoms with Gasteiger partial charge in [0.25, 0.3) is 0 Å². The number of fused-ring (bicyclic) bond motifs is 2. The van der Waals surface area contributed by atoms with Crippen molar-refractivity contribution in [3.63, 3.8) is 0 Å². The summed E-state index contributed by atoms with van der Waals surface area (Å²) in [6.45, 7) is 9.14. The number of hydrogen-bond acceptors (Lipinski definition) is 12. The molecule has 6 N–H and O–H groups in total. The Labute approximate surface area is 455 Å². The lowest BCUT2D eigenvalue weighted by molar-refractivity contribution is 0.0516. The third-order valence-corrected chi connectivity index (χ3v) is 16.3. The van der Waals surface area contributed by atoms with Crippen LogP contribution in [0.3, 0.4) is 0 Å². The lowest BCUT2D eigenvalue weighted by Gasteiger charge is -2.34. The van der Waals surface area contributed by atoms with Crippen LogP contribution in [-0.4, -0.2) is 158 Å². The number of carbonyl (C=O) groups excluding carboxylic acids is 2. The van der Waals surface area contributed by atoms with Gasteiger partial charge in [-0.3, -0.25) is 0 Å². The van der Waals surface area contributed by atoms with E-state index in [1.807, 2.05) is 52.2 Å². The van der Waals surface area contributed by atoms with Crippen LogP contribution in [0.25, 0.3) is 0 Å². The molecule has 6 rings (SSSR count). The lowest BCUT2D eigenvalue weighted by atomic mass is 9.83. The minimum atomic E-state index is -3.96. The predicted octanol–water partition coefficient (Wildman–Crippen LogP) is 5.74. The Bertz CT molecular complexity index is 2650. The molecule has 0 saturated heterocycles. The molecule has 4 aromatic carbocycles. The number of rotatable bonds is 29. The van der Waals surface area contributed by atoms with Gasteiger partial charge in [-0.15, -0.1) is 0 Å². The summed E-state index contributed by atoms with van der Waals surface area (Å²) >= 11 is 12.7. The van der Waals surface area contributed by atoms with Gasteiger partial charge >= 0.3 is 12.1 Å². The summed E-state index contributed by atoms with van der Waals surface area (Å²) < 4.78 is 110. The Morgan fingerprint density at radius 2 is 0.882 bits per heavy atom. The number of unbranched alkanes of at least 4 members (excludes halogenated alkanes) is 1. The highest BCUT2D eigenvalue weighted by Crippen LogP contribution is 2.40. The SMILES string of the molecule is Cc1cc(Cl)cc2c1CN(C)CC2c1cc(S(=O)(=O)NCCOCCOCCNC(=O)NCCCCNC(=O)NCCOCCOCCNS(=O)(=O)c2ccc(F)c(C3CN(C)Cc4c(C)cc(Cl)cc43)c2)ccc1F. The second kappa shape index (κ2) is 29.4. The number of nitrogens with zero attached hydrogens (tertiary/aromatic N) is 2.